The van der Waals surface area contributed by atoms with Crippen molar-refractivity contribution in [3.63, 3.8) is 0 Å². The molecule has 0 bridgehead atoms. The molecule has 0 radical (unpaired) electrons. The van der Waals surface area contributed by atoms with Crippen LogP contribution in [0.15, 0.2) is 29.3 Å². The minimum Gasteiger partial charge on any atom is -0.495 e. The fraction of sp³-hybridized carbons (Fsp3) is 0.444. The third-order valence-corrected chi connectivity index (χ3v) is 5.02. The first kappa shape index (κ1) is 18.5. The fourth-order valence-corrected chi connectivity index (χ4v) is 3.58. The molecule has 1 aromatic carbocycles. The van der Waals surface area contributed by atoms with Gasteiger partial charge in [0.25, 0.3) is 5.91 Å². The van der Waals surface area contributed by atoms with E-state index in [1.54, 1.807) is 24.3 Å². The third-order valence-electron chi connectivity index (χ3n) is 4.74. The van der Waals surface area contributed by atoms with E-state index >= 15 is 0 Å². The highest BCUT2D eigenvalue weighted by atomic mass is 32.1. The number of nitrogens with two attached hydrogens (primary N) is 1. The van der Waals surface area contributed by atoms with Gasteiger partial charge in [-0.05, 0) is 37.2 Å². The third kappa shape index (κ3) is 3.61. The molecule has 0 unspecified atom stereocenters. The van der Waals surface area contributed by atoms with Gasteiger partial charge in [0.1, 0.15) is 5.75 Å². The first-order valence-corrected chi connectivity index (χ1v) is 9.04. The molecular weight excluding hydrogens is 352 g/mol. The summed E-state index contributed by atoms with van der Waals surface area (Å²) >= 11 is 5.20. The van der Waals surface area contributed by atoms with Gasteiger partial charge >= 0.3 is 0 Å². The lowest BCUT2D eigenvalue weighted by atomic mass is 9.91. The van der Waals surface area contributed by atoms with Crippen LogP contribution in [0.25, 0.3) is 0 Å². The van der Waals surface area contributed by atoms with E-state index in [1.807, 2.05) is 0 Å². The van der Waals surface area contributed by atoms with Crippen molar-refractivity contribution >= 4 is 41.0 Å². The standard InChI is InChI=1S/C18H22N4O3S/c1-25-15-9-5-4-8-14(15)22-17(24)11(16(23)21-18(22)26)10-20-13-7-3-2-6-12(13)19/h4-5,8-13H,2-3,6-7,19H2,1H3,(H,21,23,26)/t11-,12+,13-/m0/s1. The predicted octanol–water partition coefficient (Wildman–Crippen LogP) is 1.40. The number of carbonyl (C=O) groups is 2. The normalized spacial score (nSPS) is 26.9. The second-order valence-electron chi connectivity index (χ2n) is 6.43. The molecular formula is C18H22N4O3S. The van der Waals surface area contributed by atoms with Crippen LogP contribution in [0.5, 0.6) is 5.75 Å². The number of para-hydroxylation sites is 2. The van der Waals surface area contributed by atoms with Crippen molar-refractivity contribution in [2.24, 2.45) is 16.6 Å². The number of methoxy groups -OCH3 is 1. The molecule has 1 saturated carbocycles. The molecule has 3 N–H and O–H groups in total. The Balaban J connectivity index is 1.86. The number of ether oxygens (including phenoxy) is 1. The summed E-state index contributed by atoms with van der Waals surface area (Å²) < 4.78 is 5.31. The number of thiocarbonyl (C=S) groups is 1. The van der Waals surface area contributed by atoms with Crippen molar-refractivity contribution in [3.05, 3.63) is 24.3 Å². The highest BCUT2D eigenvalue weighted by Crippen LogP contribution is 2.30. The summed E-state index contributed by atoms with van der Waals surface area (Å²) in [6.45, 7) is 0. The number of nitrogens with one attached hydrogen (secondary N) is 1. The second-order valence-corrected chi connectivity index (χ2v) is 6.82. The molecule has 138 valence electrons. The van der Waals surface area contributed by atoms with Crippen LogP contribution in [0.3, 0.4) is 0 Å². The molecule has 3 rings (SSSR count). The Labute approximate surface area is 157 Å². The van der Waals surface area contributed by atoms with Crippen LogP contribution >= 0.6 is 12.2 Å². The van der Waals surface area contributed by atoms with Crippen molar-refractivity contribution in [3.8, 4) is 5.75 Å². The number of carbonyl (C=O) groups excluding carboxylic acids is 2. The highest BCUT2D eigenvalue weighted by molar-refractivity contribution is 7.80. The van der Waals surface area contributed by atoms with E-state index in [9.17, 15) is 9.59 Å². The highest BCUT2D eigenvalue weighted by Gasteiger charge is 2.39. The first-order chi connectivity index (χ1) is 12.5. The summed E-state index contributed by atoms with van der Waals surface area (Å²) in [6.07, 6.45) is 5.33. The Bertz CT molecular complexity index is 752. The molecule has 1 heterocycles. The van der Waals surface area contributed by atoms with Gasteiger partial charge in [-0.3, -0.25) is 19.5 Å². The minimum absolute atomic E-state index is 0.0310. The van der Waals surface area contributed by atoms with Gasteiger partial charge in [-0.1, -0.05) is 25.0 Å². The molecule has 1 aliphatic heterocycles. The van der Waals surface area contributed by atoms with Crippen molar-refractivity contribution in [1.82, 2.24) is 5.32 Å². The Hall–Kier alpha value is -2.32. The average molecular weight is 374 g/mol. The lowest BCUT2D eigenvalue weighted by Gasteiger charge is -2.32. The van der Waals surface area contributed by atoms with Crippen molar-refractivity contribution in [1.29, 1.82) is 0 Å². The summed E-state index contributed by atoms with van der Waals surface area (Å²) in [7, 11) is 1.51. The number of hydrogen-bond acceptors (Lipinski definition) is 6. The van der Waals surface area contributed by atoms with Crippen LogP contribution in [0.4, 0.5) is 5.69 Å². The maximum atomic E-state index is 13.0. The fourth-order valence-electron chi connectivity index (χ4n) is 3.29. The molecule has 3 atom stereocenters. The number of hydrogen-bond donors (Lipinski definition) is 2. The van der Waals surface area contributed by atoms with E-state index in [4.69, 9.17) is 22.7 Å². The van der Waals surface area contributed by atoms with Crippen LogP contribution in [-0.2, 0) is 9.59 Å². The van der Waals surface area contributed by atoms with Gasteiger partial charge in [-0.2, -0.15) is 0 Å². The van der Waals surface area contributed by atoms with Crippen LogP contribution in [0, 0.1) is 5.92 Å². The van der Waals surface area contributed by atoms with Crippen LogP contribution in [-0.4, -0.2) is 42.3 Å². The number of benzene rings is 1. The molecule has 2 amide bonds. The molecule has 7 nitrogen and oxygen atoms in total. The lowest BCUT2D eigenvalue weighted by Crippen LogP contribution is -2.58. The Kier molecular flexibility index (Phi) is 5.63. The molecule has 26 heavy (non-hydrogen) atoms. The topological polar surface area (TPSA) is 97.0 Å². The molecule has 1 aliphatic carbocycles. The molecule has 0 aromatic heterocycles. The molecule has 0 spiro atoms. The number of rotatable bonds is 4. The smallest absolute Gasteiger partial charge is 0.251 e. The van der Waals surface area contributed by atoms with E-state index in [0.29, 0.717) is 11.4 Å². The Morgan fingerprint density at radius 3 is 2.77 bits per heavy atom. The lowest BCUT2D eigenvalue weighted by molar-refractivity contribution is -0.130. The van der Waals surface area contributed by atoms with E-state index in [0.717, 1.165) is 25.7 Å². The maximum Gasteiger partial charge on any atom is 0.251 e. The van der Waals surface area contributed by atoms with Gasteiger partial charge in [0.15, 0.2) is 11.0 Å². The van der Waals surface area contributed by atoms with Gasteiger partial charge in [0.2, 0.25) is 5.91 Å². The van der Waals surface area contributed by atoms with Gasteiger partial charge < -0.3 is 15.8 Å². The summed E-state index contributed by atoms with van der Waals surface area (Å²) in [5, 5.41) is 2.61. The zero-order valence-corrected chi connectivity index (χ0v) is 15.4. The van der Waals surface area contributed by atoms with E-state index < -0.39 is 17.7 Å². The molecule has 1 saturated heterocycles. The van der Waals surface area contributed by atoms with E-state index in [1.165, 1.54) is 18.2 Å². The number of amides is 2. The van der Waals surface area contributed by atoms with Gasteiger partial charge in [0.05, 0.1) is 18.8 Å². The van der Waals surface area contributed by atoms with Crippen LogP contribution < -0.4 is 20.7 Å². The zero-order chi connectivity index (χ0) is 18.7. The summed E-state index contributed by atoms with van der Waals surface area (Å²) in [4.78, 5) is 31.0. The van der Waals surface area contributed by atoms with Crippen molar-refractivity contribution < 1.29 is 14.3 Å². The monoisotopic (exact) mass is 374 g/mol. The quantitative estimate of drug-likeness (QED) is 0.472. The SMILES string of the molecule is COc1ccccc1N1C(=O)[C@@H](C=N[C@H]2CCCC[C@H]2N)C(=O)NC1=S. The van der Waals surface area contributed by atoms with Crippen molar-refractivity contribution in [2.45, 2.75) is 37.8 Å². The summed E-state index contributed by atoms with van der Waals surface area (Å²) in [5.74, 6) is -1.47. The van der Waals surface area contributed by atoms with E-state index in [-0.39, 0.29) is 17.2 Å². The van der Waals surface area contributed by atoms with Crippen molar-refractivity contribution in [2.75, 3.05) is 12.0 Å². The predicted molar refractivity (Wildman–Crippen MR) is 103 cm³/mol. The molecule has 2 fully saturated rings. The molecule has 2 aliphatic rings. The number of nitrogens with zero attached hydrogens (tertiary/aromatic N) is 2. The van der Waals surface area contributed by atoms with Gasteiger partial charge in [-0.15, -0.1) is 0 Å². The number of aliphatic imine (C=N–C) groups is 1. The largest absolute Gasteiger partial charge is 0.495 e. The Morgan fingerprint density at radius 1 is 1.31 bits per heavy atom. The molecule has 1 aromatic rings. The van der Waals surface area contributed by atoms with Gasteiger partial charge in [0, 0.05) is 12.3 Å². The summed E-state index contributed by atoms with van der Waals surface area (Å²) in [6, 6.07) is 6.92. The second kappa shape index (κ2) is 7.92. The average Bonchev–Trinajstić information content (AvgIpc) is 2.63. The maximum absolute atomic E-state index is 13.0. The molecule has 8 heteroatoms. The van der Waals surface area contributed by atoms with Crippen LogP contribution in [0.1, 0.15) is 25.7 Å². The Morgan fingerprint density at radius 2 is 2.04 bits per heavy atom. The van der Waals surface area contributed by atoms with E-state index in [2.05, 4.69) is 10.3 Å². The zero-order valence-electron chi connectivity index (χ0n) is 14.6. The number of anilines is 1. The summed E-state index contributed by atoms with van der Waals surface area (Å²) in [5.41, 5.74) is 6.58. The van der Waals surface area contributed by atoms with Crippen LogP contribution in [0.2, 0.25) is 0 Å². The minimum atomic E-state index is -1.04. The first-order valence-electron chi connectivity index (χ1n) is 8.63. The van der Waals surface area contributed by atoms with Gasteiger partial charge in [-0.25, -0.2) is 0 Å².